The van der Waals surface area contributed by atoms with Gasteiger partial charge in [-0.2, -0.15) is 0 Å². The molecule has 174 valence electrons. The van der Waals surface area contributed by atoms with E-state index < -0.39 is 11.0 Å². The lowest BCUT2D eigenvalue weighted by atomic mass is 10.1. The molecule has 1 aliphatic heterocycles. The Bertz CT molecular complexity index is 1140. The van der Waals surface area contributed by atoms with Crippen molar-refractivity contribution in [3.05, 3.63) is 76.9 Å². The molecule has 0 radical (unpaired) electrons. The molecule has 2 aromatic carbocycles. The number of aliphatic hydroxyl groups excluding tert-OH is 1. The summed E-state index contributed by atoms with van der Waals surface area (Å²) in [4.78, 5) is 5.44. The number of nitrogens with one attached hydrogen (secondary N) is 1. The highest BCUT2D eigenvalue weighted by Crippen LogP contribution is 2.30. The van der Waals surface area contributed by atoms with Crippen LogP contribution in [0.4, 0.5) is 5.69 Å². The van der Waals surface area contributed by atoms with Crippen molar-refractivity contribution in [3.63, 3.8) is 0 Å². The van der Waals surface area contributed by atoms with Gasteiger partial charge in [-0.25, -0.2) is 4.21 Å². The minimum Gasteiger partial charge on any atom is -0.513 e. The molecule has 4 rings (SSSR count). The molecular formula is C27H33N3O2S. The first-order chi connectivity index (χ1) is 16.1. The third-order valence-corrected chi connectivity index (χ3v) is 7.48. The summed E-state index contributed by atoms with van der Waals surface area (Å²) in [7, 11) is -1.43. The van der Waals surface area contributed by atoms with Gasteiger partial charge in [0, 0.05) is 44.0 Å². The molecule has 2 N–H and O–H groups in total. The molecule has 0 bridgehead atoms. The van der Waals surface area contributed by atoms with Gasteiger partial charge >= 0.3 is 0 Å². The predicted octanol–water partition coefficient (Wildman–Crippen LogP) is 3.47. The molecule has 2 aromatic rings. The zero-order chi connectivity index (χ0) is 23.2. The predicted molar refractivity (Wildman–Crippen MR) is 138 cm³/mol. The first-order valence-electron chi connectivity index (χ1n) is 11.6. The first-order valence-corrected chi connectivity index (χ1v) is 12.8. The van der Waals surface area contributed by atoms with E-state index in [1.54, 1.807) is 0 Å². The molecule has 1 heterocycles. The Labute approximate surface area is 199 Å². The van der Waals surface area contributed by atoms with E-state index in [0.717, 1.165) is 59.5 Å². The van der Waals surface area contributed by atoms with Gasteiger partial charge in [-0.3, -0.25) is 4.90 Å². The van der Waals surface area contributed by atoms with Crippen LogP contribution in [0.3, 0.4) is 0 Å². The smallest absolute Gasteiger partial charge is 0.150 e. The number of rotatable bonds is 8. The molecular weight excluding hydrogens is 430 g/mol. The van der Waals surface area contributed by atoms with Crippen LogP contribution in [0.25, 0.3) is 18.4 Å². The molecule has 5 nitrogen and oxygen atoms in total. The summed E-state index contributed by atoms with van der Waals surface area (Å²) < 4.78 is 16.0. The fourth-order valence-corrected chi connectivity index (χ4v) is 5.16. The molecule has 0 spiro atoms. The van der Waals surface area contributed by atoms with Gasteiger partial charge in [0.1, 0.15) is 6.26 Å². The van der Waals surface area contributed by atoms with E-state index in [2.05, 4.69) is 21.1 Å². The monoisotopic (exact) mass is 463 g/mol. The third kappa shape index (κ3) is 5.95. The second-order valence-electron chi connectivity index (χ2n) is 8.71. The molecule has 1 unspecified atom stereocenters. The molecule has 2 fully saturated rings. The van der Waals surface area contributed by atoms with E-state index in [4.69, 9.17) is 0 Å². The van der Waals surface area contributed by atoms with Crippen LogP contribution in [0.5, 0.6) is 0 Å². The number of aliphatic hydroxyl groups is 1. The Hall–Kier alpha value is -2.83. The fourth-order valence-electron chi connectivity index (χ4n) is 4.16. The zero-order valence-electron chi connectivity index (χ0n) is 19.2. The molecule has 2 aliphatic rings. The number of benzene rings is 2. The summed E-state index contributed by atoms with van der Waals surface area (Å²) >= 11 is 0. The summed E-state index contributed by atoms with van der Waals surface area (Å²) in [6.07, 6.45) is 9.83. The Balaban J connectivity index is 1.41. The van der Waals surface area contributed by atoms with E-state index >= 15 is 0 Å². The van der Waals surface area contributed by atoms with Crippen molar-refractivity contribution in [2.24, 2.45) is 5.92 Å². The van der Waals surface area contributed by atoms with E-state index in [-0.39, 0.29) is 0 Å². The van der Waals surface area contributed by atoms with Crippen LogP contribution in [0.1, 0.15) is 25.3 Å². The summed E-state index contributed by atoms with van der Waals surface area (Å²) in [5, 5.41) is 11.6. The molecule has 33 heavy (non-hydrogen) atoms. The van der Waals surface area contributed by atoms with Gasteiger partial charge in [-0.05, 0) is 54.3 Å². The second kappa shape index (κ2) is 10.9. The van der Waals surface area contributed by atoms with Gasteiger partial charge < -0.3 is 14.7 Å². The molecule has 6 heteroatoms. The lowest BCUT2D eigenvalue weighted by molar-refractivity contribution is 0.168. The van der Waals surface area contributed by atoms with Crippen LogP contribution in [-0.2, 0) is 11.0 Å². The van der Waals surface area contributed by atoms with Crippen molar-refractivity contribution in [1.82, 2.24) is 9.80 Å². The lowest BCUT2D eigenvalue weighted by Gasteiger charge is -2.37. The highest BCUT2D eigenvalue weighted by molar-refractivity contribution is 7.86. The Morgan fingerprint density at radius 3 is 2.52 bits per heavy atom. The van der Waals surface area contributed by atoms with Gasteiger partial charge in [0.15, 0.2) is 11.0 Å². The van der Waals surface area contributed by atoms with E-state index in [1.807, 2.05) is 67.6 Å². The van der Waals surface area contributed by atoms with Crippen molar-refractivity contribution in [1.29, 1.82) is 0 Å². The van der Waals surface area contributed by atoms with Crippen LogP contribution < -0.4 is 15.2 Å². The van der Waals surface area contributed by atoms with E-state index in [9.17, 15) is 9.32 Å². The van der Waals surface area contributed by atoms with Crippen molar-refractivity contribution >= 4 is 35.0 Å². The number of hydrogen-bond donors (Lipinski definition) is 2. The summed E-state index contributed by atoms with van der Waals surface area (Å²) in [6.45, 7) is 11.2. The van der Waals surface area contributed by atoms with Crippen LogP contribution in [0, 0.1) is 5.92 Å². The fraction of sp³-hybridized carbons (Fsp3) is 0.333. The van der Waals surface area contributed by atoms with Crippen molar-refractivity contribution in [3.8, 4) is 0 Å². The second-order valence-corrected chi connectivity index (χ2v) is 9.89. The summed E-state index contributed by atoms with van der Waals surface area (Å²) in [5.41, 5.74) is 2.54. The first kappa shape index (κ1) is 23.3. The van der Waals surface area contributed by atoms with Gasteiger partial charge in [0.05, 0.1) is 10.6 Å². The SMILES string of the molecule is C=c1c(S(=O)Nc2ccc(/C(=C\O)N3CCN(CC4CC4)CC3)cc2)ccc/c1=C/C=C\C. The minimum atomic E-state index is -1.43. The number of nitrogens with zero attached hydrogens (tertiary/aromatic N) is 2. The number of piperazine rings is 1. The summed E-state index contributed by atoms with van der Waals surface area (Å²) in [6, 6.07) is 13.4. The van der Waals surface area contributed by atoms with Crippen molar-refractivity contribution in [2.75, 3.05) is 37.4 Å². The maximum absolute atomic E-state index is 13.0. The third-order valence-electron chi connectivity index (χ3n) is 6.28. The quantitative estimate of drug-likeness (QED) is 0.589. The van der Waals surface area contributed by atoms with Crippen LogP contribution in [-0.4, -0.2) is 51.8 Å². The number of allylic oxidation sites excluding steroid dienone is 2. The van der Waals surface area contributed by atoms with Gasteiger partial charge in [-0.15, -0.1) is 0 Å². The Kier molecular flexibility index (Phi) is 7.68. The molecule has 0 aromatic heterocycles. The summed E-state index contributed by atoms with van der Waals surface area (Å²) in [5.74, 6) is 0.906. The highest BCUT2D eigenvalue weighted by Gasteiger charge is 2.27. The highest BCUT2D eigenvalue weighted by atomic mass is 32.2. The number of anilines is 1. The van der Waals surface area contributed by atoms with E-state index in [1.165, 1.54) is 25.6 Å². The number of hydrogen-bond acceptors (Lipinski definition) is 4. The topological polar surface area (TPSA) is 55.8 Å². The minimum absolute atomic E-state index is 0.664. The van der Waals surface area contributed by atoms with Crippen LogP contribution in [0.15, 0.2) is 65.8 Å². The Morgan fingerprint density at radius 1 is 1.15 bits per heavy atom. The van der Waals surface area contributed by atoms with Crippen molar-refractivity contribution in [2.45, 2.75) is 24.7 Å². The molecule has 1 saturated heterocycles. The van der Waals surface area contributed by atoms with Gasteiger partial charge in [0.25, 0.3) is 0 Å². The lowest BCUT2D eigenvalue weighted by Crippen LogP contribution is -2.46. The molecule has 1 aliphatic carbocycles. The van der Waals surface area contributed by atoms with Crippen LogP contribution in [0.2, 0.25) is 0 Å². The van der Waals surface area contributed by atoms with Crippen molar-refractivity contribution < 1.29 is 9.32 Å². The van der Waals surface area contributed by atoms with E-state index in [0.29, 0.717) is 4.90 Å². The average molecular weight is 464 g/mol. The normalized spacial score (nSPS) is 19.2. The standard InChI is InChI=1S/C27H33N3O2S/c1-3-4-6-23-7-5-8-27(21(23)2)33(32)28-25-13-11-24(12-14-25)26(20-31)30-17-15-29(16-18-30)19-22-9-10-22/h3-8,11-14,20,22,28,31H,2,9-10,15-19H2,1H3/b4-3-,23-6-,26-20+. The zero-order valence-corrected chi connectivity index (χ0v) is 20.1. The maximum Gasteiger partial charge on any atom is 0.150 e. The van der Waals surface area contributed by atoms with Gasteiger partial charge in [-0.1, -0.05) is 49.1 Å². The molecule has 0 amide bonds. The van der Waals surface area contributed by atoms with Crippen LogP contribution >= 0.6 is 0 Å². The maximum atomic E-state index is 13.0. The van der Waals surface area contributed by atoms with Gasteiger partial charge in [0.2, 0.25) is 0 Å². The molecule has 1 atom stereocenters. The molecule has 1 saturated carbocycles. The Morgan fingerprint density at radius 2 is 1.88 bits per heavy atom. The average Bonchev–Trinajstić information content (AvgIpc) is 3.65. The largest absolute Gasteiger partial charge is 0.513 e.